The van der Waals surface area contributed by atoms with Crippen molar-refractivity contribution in [1.29, 1.82) is 0 Å². The minimum absolute atomic E-state index is 0.0477. The fraction of sp³-hybridized carbons (Fsp3) is 0.162. The van der Waals surface area contributed by atoms with Crippen LogP contribution in [0.3, 0.4) is 0 Å². The summed E-state index contributed by atoms with van der Waals surface area (Å²) in [5.41, 5.74) is -1.23. The van der Waals surface area contributed by atoms with E-state index in [-0.39, 0.29) is 68.2 Å². The maximum absolute atomic E-state index is 13.0. The van der Waals surface area contributed by atoms with Crippen LogP contribution < -0.4 is 75.9 Å². The van der Waals surface area contributed by atoms with Crippen molar-refractivity contribution in [2.24, 2.45) is 0 Å². The standard InChI is InChI=1S/2C23H21F3N4O4.C22H18ClF3N4O4/c1-14-10-16(34-17-8-9-27-21(12-17)30(2)13-31)5-6-18(14)28-22(32)29-19-11-15(23(24,25)26)4-7-20(19)33-3;1-3-27-21(31)19-13-17(10-11-28-19)34-16-7-5-15(6-8-16)29-22(32)30-18-12-14(23(24,25)26)4-9-20(18)33-2;1-27-20(31)18-11-14(7-8-28-18)34-13-4-5-16(15(23)10-13)29-21(32)30-17-9-12(22(24,25)26)3-6-19(17)33-2/h4-13H,1-3H3,(H2,28,29,32);4-13H,3H2,1-2H3,(H,27,31)(H2,29,30,32);3-11H,1-2H3,(H,27,31)(H2,29,30,32). The number of pyridine rings is 3. The lowest BCUT2D eigenvalue weighted by atomic mass is 10.1. The summed E-state index contributed by atoms with van der Waals surface area (Å²) in [5.74, 6) is 2.30. The van der Waals surface area contributed by atoms with Gasteiger partial charge in [-0.15, -0.1) is 0 Å². The second kappa shape index (κ2) is 34.8. The predicted molar refractivity (Wildman–Crippen MR) is 360 cm³/mol. The highest BCUT2D eigenvalue weighted by Crippen LogP contribution is 2.39. The molecule has 0 aliphatic carbocycles. The monoisotopic (exact) mass is 1440 g/mol. The first-order valence-electron chi connectivity index (χ1n) is 29.5. The highest BCUT2D eigenvalue weighted by Gasteiger charge is 2.34. The quantitative estimate of drug-likeness (QED) is 0.0260. The van der Waals surface area contributed by atoms with Crippen molar-refractivity contribution in [1.82, 2.24) is 25.6 Å². The van der Waals surface area contributed by atoms with Crippen LogP contribution in [0.25, 0.3) is 0 Å². The Bertz CT molecular complexity index is 4480. The number of rotatable bonds is 20. The van der Waals surface area contributed by atoms with E-state index in [0.29, 0.717) is 70.2 Å². The van der Waals surface area contributed by atoms with Crippen molar-refractivity contribution in [3.63, 3.8) is 0 Å². The third-order valence-corrected chi connectivity index (χ3v) is 13.8. The number of alkyl halides is 9. The highest BCUT2D eigenvalue weighted by atomic mass is 35.5. The van der Waals surface area contributed by atoms with E-state index in [2.05, 4.69) is 57.5 Å². The van der Waals surface area contributed by atoms with Crippen LogP contribution in [0.4, 0.5) is 93.8 Å². The number of carbonyl (C=O) groups is 6. The van der Waals surface area contributed by atoms with Crippen molar-refractivity contribution in [3.8, 4) is 51.7 Å². The van der Waals surface area contributed by atoms with Gasteiger partial charge in [-0.2, -0.15) is 39.5 Å². The largest absolute Gasteiger partial charge is 0.495 e. The van der Waals surface area contributed by atoms with Crippen LogP contribution in [-0.4, -0.2) is 93.2 Å². The van der Waals surface area contributed by atoms with Gasteiger partial charge in [-0.25, -0.2) is 19.4 Å². The number of hydrogen-bond acceptors (Lipinski definition) is 15. The molecule has 0 aliphatic heterocycles. The summed E-state index contributed by atoms with van der Waals surface area (Å²) < 4.78 is 149. The molecule has 9 amide bonds. The van der Waals surface area contributed by atoms with Crippen LogP contribution in [0.5, 0.6) is 51.7 Å². The molecule has 3 aromatic heterocycles. The second-order valence-electron chi connectivity index (χ2n) is 20.7. The molecule has 0 bridgehead atoms. The molecule has 0 aliphatic rings. The zero-order chi connectivity index (χ0) is 74.5. The van der Waals surface area contributed by atoms with Crippen molar-refractivity contribution in [2.45, 2.75) is 32.4 Å². The Morgan fingerprint density at radius 2 is 0.843 bits per heavy atom. The molecule has 534 valence electrons. The number of halogens is 10. The van der Waals surface area contributed by atoms with Gasteiger partial charge in [0.25, 0.3) is 11.8 Å². The zero-order valence-electron chi connectivity index (χ0n) is 54.4. The third kappa shape index (κ3) is 22.2. The average Bonchev–Trinajstić information content (AvgIpc) is 0.834. The molecule has 0 spiro atoms. The molecule has 0 saturated carbocycles. The molecule has 0 fully saturated rings. The summed E-state index contributed by atoms with van der Waals surface area (Å²) in [6, 6.07) is 30.7. The normalized spacial score (nSPS) is 10.9. The van der Waals surface area contributed by atoms with E-state index in [9.17, 15) is 68.3 Å². The lowest BCUT2D eigenvalue weighted by Crippen LogP contribution is -2.23. The minimum Gasteiger partial charge on any atom is -0.495 e. The number of carbonyl (C=O) groups excluding carboxylic acids is 6. The Morgan fingerprint density at radius 3 is 1.26 bits per heavy atom. The van der Waals surface area contributed by atoms with Crippen LogP contribution >= 0.6 is 11.6 Å². The van der Waals surface area contributed by atoms with Gasteiger partial charge in [0.1, 0.15) is 69.0 Å². The number of amides is 9. The van der Waals surface area contributed by atoms with E-state index in [0.717, 1.165) is 54.6 Å². The summed E-state index contributed by atoms with van der Waals surface area (Å²) >= 11 is 6.22. The zero-order valence-corrected chi connectivity index (χ0v) is 55.2. The number of nitrogens with one attached hydrogen (secondary N) is 8. The van der Waals surface area contributed by atoms with Crippen LogP contribution in [0.1, 0.15) is 50.2 Å². The predicted octanol–water partition coefficient (Wildman–Crippen LogP) is 16.3. The molecular formula is C68H60ClF9N12O12. The van der Waals surface area contributed by atoms with Crippen molar-refractivity contribution < 1.29 is 96.7 Å². The van der Waals surface area contributed by atoms with Gasteiger partial charge in [-0.1, -0.05) is 11.6 Å². The third-order valence-electron chi connectivity index (χ3n) is 13.5. The Kier molecular flexibility index (Phi) is 26.2. The first kappa shape index (κ1) is 76.8. The Morgan fingerprint density at radius 1 is 0.461 bits per heavy atom. The molecular weight excluding hydrogens is 1380 g/mol. The van der Waals surface area contributed by atoms with Gasteiger partial charge >= 0.3 is 36.6 Å². The number of hydrogen-bond donors (Lipinski definition) is 8. The van der Waals surface area contributed by atoms with Gasteiger partial charge in [0.2, 0.25) is 6.41 Å². The molecule has 9 aromatic rings. The van der Waals surface area contributed by atoms with Gasteiger partial charge in [0.05, 0.1) is 65.8 Å². The van der Waals surface area contributed by atoms with Crippen LogP contribution in [0.15, 0.2) is 170 Å². The summed E-state index contributed by atoms with van der Waals surface area (Å²) in [4.78, 5) is 84.9. The first-order valence-corrected chi connectivity index (χ1v) is 29.9. The van der Waals surface area contributed by atoms with Crippen LogP contribution in [-0.2, 0) is 23.3 Å². The van der Waals surface area contributed by atoms with Gasteiger partial charge < -0.3 is 75.9 Å². The van der Waals surface area contributed by atoms with Crippen molar-refractivity contribution in [2.75, 3.05) is 78.8 Å². The molecule has 8 N–H and O–H groups in total. The Labute approximate surface area is 579 Å². The molecule has 3 heterocycles. The van der Waals surface area contributed by atoms with Gasteiger partial charge in [0.15, 0.2) is 0 Å². The number of urea groups is 3. The average molecular weight is 1440 g/mol. The number of ether oxygens (including phenoxy) is 6. The van der Waals surface area contributed by atoms with E-state index >= 15 is 0 Å². The highest BCUT2D eigenvalue weighted by molar-refractivity contribution is 6.34. The molecule has 6 aromatic carbocycles. The lowest BCUT2D eigenvalue weighted by molar-refractivity contribution is -0.138. The van der Waals surface area contributed by atoms with E-state index in [1.165, 1.54) is 82.2 Å². The number of nitrogens with zero attached hydrogens (tertiary/aromatic N) is 4. The number of aromatic nitrogens is 3. The number of benzene rings is 6. The molecule has 34 heteroatoms. The summed E-state index contributed by atoms with van der Waals surface area (Å²) in [7, 11) is 6.87. The van der Waals surface area contributed by atoms with Crippen LogP contribution in [0.2, 0.25) is 5.02 Å². The van der Waals surface area contributed by atoms with Crippen molar-refractivity contribution >= 4 is 87.9 Å². The Hall–Kier alpha value is -12.6. The smallest absolute Gasteiger partial charge is 0.416 e. The van der Waals surface area contributed by atoms with E-state index in [4.69, 9.17) is 40.0 Å². The maximum Gasteiger partial charge on any atom is 0.416 e. The topological polar surface area (TPSA) is 296 Å². The van der Waals surface area contributed by atoms with E-state index < -0.39 is 53.3 Å². The van der Waals surface area contributed by atoms with Crippen molar-refractivity contribution in [3.05, 3.63) is 209 Å². The fourth-order valence-electron chi connectivity index (χ4n) is 8.58. The molecule has 0 radical (unpaired) electrons. The Balaban J connectivity index is 0.000000214. The maximum atomic E-state index is 13.0. The van der Waals surface area contributed by atoms with Gasteiger partial charge in [0, 0.05) is 74.9 Å². The summed E-state index contributed by atoms with van der Waals surface area (Å²) in [6.07, 6.45) is -8.74. The number of anilines is 7. The molecule has 0 unspecified atom stereocenters. The van der Waals surface area contributed by atoms with Gasteiger partial charge in [-0.05, 0) is 147 Å². The summed E-state index contributed by atoms with van der Waals surface area (Å²) in [6.45, 7) is 3.99. The molecule has 0 saturated heterocycles. The SMILES string of the molecule is CCNC(=O)c1cc(Oc2ccc(NC(=O)Nc3cc(C(F)(F)F)ccc3OC)cc2)ccn1.CNC(=O)c1cc(Oc2ccc(NC(=O)Nc3cc(C(F)(F)F)ccc3OC)c(Cl)c2)ccn1.COc1ccc(C(F)(F)F)cc1NC(=O)Nc1ccc(Oc2ccnc(N(C)C=O)c2)cc1C. The fourth-order valence-corrected chi connectivity index (χ4v) is 8.80. The molecule has 9 rings (SSSR count). The molecule has 0 atom stereocenters. The van der Waals surface area contributed by atoms with Gasteiger partial charge in [-0.3, -0.25) is 24.4 Å². The molecule has 102 heavy (non-hydrogen) atoms. The summed E-state index contributed by atoms with van der Waals surface area (Å²) in [5, 5.41) is 19.8. The van der Waals surface area contributed by atoms with Crippen LogP contribution in [0, 0.1) is 6.92 Å². The minimum atomic E-state index is -4.59. The molecule has 24 nitrogen and oxygen atoms in total. The number of aryl methyl sites for hydroxylation is 1. The number of methoxy groups -OCH3 is 3. The first-order chi connectivity index (χ1) is 48.4. The second-order valence-corrected chi connectivity index (χ2v) is 21.1. The lowest BCUT2D eigenvalue weighted by Gasteiger charge is -2.15. The van der Waals surface area contributed by atoms with E-state index in [1.54, 1.807) is 87.6 Å². The van der Waals surface area contributed by atoms with E-state index in [1.807, 2.05) is 0 Å².